The number of halogens is 1. The predicted molar refractivity (Wildman–Crippen MR) is 319 cm³/mol. The number of amides is 1. The number of thioether (sulfide) groups is 1. The number of likely N-dealkylation sites (N-methyl/N-ethyl adjacent to an activating group) is 1. The number of alkyl halides is 1. The normalized spacial score (nSPS) is 13.0. The van der Waals surface area contributed by atoms with E-state index in [9.17, 15) is 25.1 Å². The fraction of sp³-hybridized carbons (Fsp3) is 0.373. The Kier molecular flexibility index (Phi) is 30.7. The van der Waals surface area contributed by atoms with Crippen LogP contribution >= 0.6 is 35.3 Å². The number of anilines is 2. The van der Waals surface area contributed by atoms with Gasteiger partial charge in [-0.15, -0.1) is 36.5 Å². The quantitative estimate of drug-likeness (QED) is 0.00487. The van der Waals surface area contributed by atoms with Gasteiger partial charge in [0.2, 0.25) is 0 Å². The number of nitrogens with one attached hydrogen (secondary N) is 3. The molecule has 1 aromatic heterocycles. The highest BCUT2D eigenvalue weighted by Gasteiger charge is 2.25. The zero-order chi connectivity index (χ0) is 55.0. The van der Waals surface area contributed by atoms with Crippen LogP contribution in [0, 0.1) is 22.0 Å². The van der Waals surface area contributed by atoms with Crippen molar-refractivity contribution in [3.8, 4) is 23.0 Å². The summed E-state index contributed by atoms with van der Waals surface area (Å²) in [6.07, 6.45) is 7.89. The molecule has 0 bridgehead atoms. The second-order valence-electron chi connectivity index (χ2n) is 17.2. The number of carbonyl (C=O) groups excluding carboxylic acids is 1. The largest absolute Gasteiger partial charge is 0.394 e. The van der Waals surface area contributed by atoms with Crippen LogP contribution in [0.25, 0.3) is 16.7 Å². The SMILES string of the molecule is C/C=C(\C=C/CCl)c1cn(CCC(O)CO)c(C(=O)NCCCN2CCN(C)CC2)c1-c1cccc(C#Cc2ccc(NSc3ccc(NCCSc4ccccc4)c([N+](=O)[O-])c3)cc2)c1.C=C.CC.CCN(C)C. The topological polar surface area (TPSA) is 151 Å². The lowest BCUT2D eigenvalue weighted by atomic mass is 9.94. The minimum absolute atomic E-state index is 0.0185. The van der Waals surface area contributed by atoms with Gasteiger partial charge in [0.25, 0.3) is 11.6 Å². The molecule has 5 N–H and O–H groups in total. The van der Waals surface area contributed by atoms with Crippen molar-refractivity contribution in [1.82, 2.24) is 24.6 Å². The van der Waals surface area contributed by atoms with E-state index in [-0.39, 0.29) is 29.5 Å². The van der Waals surface area contributed by atoms with E-state index >= 15 is 0 Å². The molecule has 13 nitrogen and oxygen atoms in total. The second-order valence-corrected chi connectivity index (χ2v) is 19.5. The summed E-state index contributed by atoms with van der Waals surface area (Å²) < 4.78 is 5.16. The van der Waals surface area contributed by atoms with Crippen LogP contribution in [0.1, 0.15) is 67.7 Å². The first-order valence-electron chi connectivity index (χ1n) is 25.5. The Labute approximate surface area is 460 Å². The lowest BCUT2D eigenvalue weighted by molar-refractivity contribution is -0.384. The molecule has 0 radical (unpaired) electrons. The molecule has 75 heavy (non-hydrogen) atoms. The molecule has 1 saturated heterocycles. The summed E-state index contributed by atoms with van der Waals surface area (Å²) in [6.45, 7) is 21.2. The molecule has 16 heteroatoms. The summed E-state index contributed by atoms with van der Waals surface area (Å²) in [5.41, 5.74) is 6.60. The van der Waals surface area contributed by atoms with Gasteiger partial charge in [-0.3, -0.25) is 14.9 Å². The van der Waals surface area contributed by atoms with E-state index < -0.39 is 6.10 Å². The summed E-state index contributed by atoms with van der Waals surface area (Å²) in [5.74, 6) is 7.45. The number of nitro groups is 1. The Morgan fingerprint density at radius 2 is 1.63 bits per heavy atom. The van der Waals surface area contributed by atoms with Gasteiger partial charge in [0.1, 0.15) is 11.4 Å². The maximum absolute atomic E-state index is 14.3. The molecule has 1 atom stereocenters. The Morgan fingerprint density at radius 1 is 0.933 bits per heavy atom. The molecule has 0 saturated carbocycles. The first-order valence-corrected chi connectivity index (χ1v) is 27.9. The summed E-state index contributed by atoms with van der Waals surface area (Å²) in [4.78, 5) is 34.6. The average Bonchev–Trinajstić information content (AvgIpc) is 3.83. The number of benzene rings is 4. The minimum atomic E-state index is -0.928. The first-order chi connectivity index (χ1) is 36.4. The number of allylic oxidation sites excluding steroid dienone is 4. The van der Waals surface area contributed by atoms with Gasteiger partial charge in [-0.05, 0) is 138 Å². The molecule has 4 aromatic carbocycles. The summed E-state index contributed by atoms with van der Waals surface area (Å²) in [6, 6.07) is 30.7. The Hall–Kier alpha value is -5.80. The molecule has 1 aliphatic heterocycles. The fourth-order valence-corrected chi connectivity index (χ4v) is 8.98. The van der Waals surface area contributed by atoms with Crippen LogP contribution in [0.4, 0.5) is 17.1 Å². The van der Waals surface area contributed by atoms with Gasteiger partial charge in [0.15, 0.2) is 0 Å². The summed E-state index contributed by atoms with van der Waals surface area (Å²) in [7, 11) is 6.25. The van der Waals surface area contributed by atoms with Crippen molar-refractivity contribution in [3.63, 3.8) is 0 Å². The number of aliphatic hydroxyl groups excluding tert-OH is 2. The van der Waals surface area contributed by atoms with Gasteiger partial charge < -0.3 is 44.8 Å². The van der Waals surface area contributed by atoms with Gasteiger partial charge in [0, 0.05) is 107 Å². The number of rotatable bonds is 23. The molecule has 0 spiro atoms. The number of aryl methyl sites for hydroxylation is 1. The van der Waals surface area contributed by atoms with Gasteiger partial charge in [-0.2, -0.15) is 0 Å². The highest BCUT2D eigenvalue weighted by Crippen LogP contribution is 2.36. The van der Waals surface area contributed by atoms with Crippen LogP contribution in [0.2, 0.25) is 0 Å². The number of hydrogen-bond donors (Lipinski definition) is 5. The zero-order valence-electron chi connectivity index (χ0n) is 45.0. The molecular weight excluding hydrogens is 1000 g/mol. The van der Waals surface area contributed by atoms with Gasteiger partial charge in [-0.1, -0.05) is 81.2 Å². The predicted octanol–water partition coefficient (Wildman–Crippen LogP) is 11.5. The third-order valence-electron chi connectivity index (χ3n) is 11.7. The van der Waals surface area contributed by atoms with Crippen LogP contribution in [-0.2, 0) is 6.54 Å². The highest BCUT2D eigenvalue weighted by molar-refractivity contribution is 8.00. The standard InChI is InChI=1S/C51H58ClN7O5S2.C4H11N.C2H6.C2H4/c1-3-40(12-8-24-52)46-36-58(28-23-43(61)37-60)50(51(62)54-25-9-27-57-31-29-56(2)30-32-57)49(46)41-11-7-10-39(34-41)16-15-38-17-19-42(20-18-38)55-66-45-21-22-47(48(35-45)59(63)64)53-26-33-65-44-13-5-4-6-14-44;1-4-5(2)3;2*1-2/h3-8,10-14,17-22,34-36,43,53,55,60-61H,9,23-33,37H2,1-2H3,(H,54,62);4H2,1-3H3;1-2H3;1-2H2/b12-8-,40-3+;;;. The van der Waals surface area contributed by atoms with Crippen molar-refractivity contribution in [1.29, 1.82) is 0 Å². The molecule has 0 aliphatic carbocycles. The molecule has 5 aromatic rings. The second kappa shape index (κ2) is 36.2. The number of hydrogen-bond acceptors (Lipinski definition) is 12. The van der Waals surface area contributed by atoms with Crippen LogP contribution in [-0.4, -0.2) is 138 Å². The summed E-state index contributed by atoms with van der Waals surface area (Å²) >= 11 is 9.07. The fourth-order valence-electron chi connectivity index (χ4n) is 7.42. The molecule has 1 aliphatic rings. The molecule has 6 rings (SSSR count). The molecule has 404 valence electrons. The van der Waals surface area contributed by atoms with Crippen LogP contribution < -0.4 is 15.4 Å². The van der Waals surface area contributed by atoms with Crippen molar-refractivity contribution in [2.45, 2.75) is 63.0 Å². The smallest absolute Gasteiger partial charge is 0.293 e. The van der Waals surface area contributed by atoms with Crippen LogP contribution in [0.15, 0.2) is 144 Å². The summed E-state index contributed by atoms with van der Waals surface area (Å²) in [5, 5.41) is 38.3. The molecule has 1 unspecified atom stereocenters. The van der Waals surface area contributed by atoms with Crippen molar-refractivity contribution >= 4 is 63.9 Å². The first kappa shape index (κ1) is 63.5. The molecule has 1 amide bonds. The van der Waals surface area contributed by atoms with E-state index in [1.165, 1.54) is 11.9 Å². The minimum Gasteiger partial charge on any atom is -0.394 e. The number of carbonyl (C=O) groups is 1. The van der Waals surface area contributed by atoms with E-state index in [1.54, 1.807) is 23.9 Å². The molecule has 2 heterocycles. The maximum Gasteiger partial charge on any atom is 0.293 e. The monoisotopic (exact) mass is 1080 g/mol. The lowest BCUT2D eigenvalue weighted by Gasteiger charge is -2.32. The van der Waals surface area contributed by atoms with Crippen LogP contribution in [0.3, 0.4) is 0 Å². The van der Waals surface area contributed by atoms with E-state index in [1.807, 2.05) is 135 Å². The number of aliphatic hydroxyl groups is 2. The third-order valence-corrected chi connectivity index (χ3v) is 13.7. The van der Waals surface area contributed by atoms with Crippen molar-refractivity contribution in [3.05, 3.63) is 167 Å². The average molecular weight is 1080 g/mol. The van der Waals surface area contributed by atoms with Gasteiger partial charge >= 0.3 is 0 Å². The maximum atomic E-state index is 14.3. The van der Waals surface area contributed by atoms with Gasteiger partial charge in [0.05, 0.1) is 17.6 Å². The van der Waals surface area contributed by atoms with E-state index in [4.69, 9.17) is 11.6 Å². The van der Waals surface area contributed by atoms with Crippen LogP contribution in [0.5, 0.6) is 0 Å². The van der Waals surface area contributed by atoms with E-state index in [0.717, 1.165) is 95.4 Å². The van der Waals surface area contributed by atoms with Crippen molar-refractivity contribution < 1.29 is 19.9 Å². The van der Waals surface area contributed by atoms with E-state index in [2.05, 4.69) is 83.1 Å². The zero-order valence-corrected chi connectivity index (χ0v) is 47.4. The Bertz CT molecular complexity index is 2590. The Balaban J connectivity index is 0.00000153. The molecular formula is C59H79ClN8O5S2. The highest BCUT2D eigenvalue weighted by atomic mass is 35.5. The number of piperazine rings is 1. The van der Waals surface area contributed by atoms with Crippen molar-refractivity contribution in [2.75, 3.05) is 102 Å². The molecule has 1 fully saturated rings. The Morgan fingerprint density at radius 3 is 2.27 bits per heavy atom. The number of aromatic nitrogens is 1. The van der Waals surface area contributed by atoms with Crippen molar-refractivity contribution in [2.24, 2.45) is 0 Å². The van der Waals surface area contributed by atoms with E-state index in [0.29, 0.717) is 41.8 Å². The number of nitrogens with zero attached hydrogens (tertiary/aromatic N) is 5. The number of nitro benzene ring substituents is 1. The van der Waals surface area contributed by atoms with Gasteiger partial charge in [-0.25, -0.2) is 0 Å². The lowest BCUT2D eigenvalue weighted by Crippen LogP contribution is -2.45. The third kappa shape index (κ3) is 22.1.